The van der Waals surface area contributed by atoms with Gasteiger partial charge in [0.05, 0.1) is 11.3 Å². The Balaban J connectivity index is 1.63. The molecule has 2 N–H and O–H groups in total. The molecule has 174 valence electrons. The molecule has 0 aromatic carbocycles. The normalized spacial score (nSPS) is 13.4. The third kappa shape index (κ3) is 4.53. The van der Waals surface area contributed by atoms with Gasteiger partial charge in [-0.15, -0.1) is 0 Å². The summed E-state index contributed by atoms with van der Waals surface area (Å²) in [5.74, 6) is 0.254. The van der Waals surface area contributed by atoms with E-state index in [0.717, 1.165) is 42.8 Å². The molecule has 4 heterocycles. The second-order valence-corrected chi connectivity index (χ2v) is 8.47. The van der Waals surface area contributed by atoms with E-state index in [-0.39, 0.29) is 16.6 Å². The highest BCUT2D eigenvalue weighted by Crippen LogP contribution is 2.36. The summed E-state index contributed by atoms with van der Waals surface area (Å²) >= 11 is 0.964. The van der Waals surface area contributed by atoms with Gasteiger partial charge in [-0.05, 0) is 38.0 Å². The van der Waals surface area contributed by atoms with Crippen LogP contribution in [-0.4, -0.2) is 50.2 Å². The maximum Gasteiger partial charge on any atom is 0.417 e. The van der Waals surface area contributed by atoms with Crippen LogP contribution >= 0.6 is 11.5 Å². The lowest BCUT2D eigenvalue weighted by atomic mass is 10.2. The van der Waals surface area contributed by atoms with Crippen molar-refractivity contribution in [1.82, 2.24) is 19.3 Å². The summed E-state index contributed by atoms with van der Waals surface area (Å²) in [5, 5.41) is 12.3. The molecule has 0 unspecified atom stereocenters. The molecule has 1 aliphatic rings. The third-order valence-electron chi connectivity index (χ3n) is 5.24. The number of pyridine rings is 2. The highest BCUT2D eigenvalue weighted by molar-refractivity contribution is 7.09. The van der Waals surface area contributed by atoms with Crippen LogP contribution in [0.1, 0.15) is 25.0 Å². The van der Waals surface area contributed by atoms with E-state index in [9.17, 15) is 23.1 Å². The third-order valence-corrected chi connectivity index (χ3v) is 5.87. The number of amides is 1. The molecule has 3 aromatic heterocycles. The largest absolute Gasteiger partial charge is 0.465 e. The first-order valence-electron chi connectivity index (χ1n) is 9.95. The van der Waals surface area contributed by atoms with Crippen molar-refractivity contribution in [1.29, 1.82) is 0 Å². The van der Waals surface area contributed by atoms with Crippen LogP contribution in [0.4, 0.5) is 40.3 Å². The van der Waals surface area contributed by atoms with Gasteiger partial charge in [-0.2, -0.15) is 22.5 Å². The Morgan fingerprint density at radius 3 is 2.70 bits per heavy atom. The zero-order valence-corrected chi connectivity index (χ0v) is 18.7. The van der Waals surface area contributed by atoms with Crippen molar-refractivity contribution < 1.29 is 23.1 Å². The quantitative estimate of drug-likeness (QED) is 0.545. The number of carbonyl (C=O) groups is 1. The molecule has 0 radical (unpaired) electrons. The Labute approximate surface area is 191 Å². The summed E-state index contributed by atoms with van der Waals surface area (Å²) in [6.45, 7) is 5.14. The first-order valence-corrected chi connectivity index (χ1v) is 10.7. The summed E-state index contributed by atoms with van der Waals surface area (Å²) in [7, 11) is 1.13. The molecule has 0 spiro atoms. The van der Waals surface area contributed by atoms with E-state index in [1.54, 1.807) is 6.20 Å². The molecule has 3 aromatic rings. The summed E-state index contributed by atoms with van der Waals surface area (Å²) < 4.78 is 43.6. The van der Waals surface area contributed by atoms with Crippen LogP contribution < -0.4 is 15.1 Å². The molecular weight excluding hydrogens is 459 g/mol. The smallest absolute Gasteiger partial charge is 0.417 e. The van der Waals surface area contributed by atoms with E-state index in [1.807, 2.05) is 6.07 Å². The van der Waals surface area contributed by atoms with Crippen molar-refractivity contribution in [2.45, 2.75) is 32.5 Å². The molecule has 0 atom stereocenters. The van der Waals surface area contributed by atoms with Crippen LogP contribution in [0.25, 0.3) is 11.5 Å². The van der Waals surface area contributed by atoms with Gasteiger partial charge in [-0.1, -0.05) is 0 Å². The number of hydrogen-bond acceptors (Lipinski definition) is 8. The van der Waals surface area contributed by atoms with Crippen LogP contribution in [0.2, 0.25) is 0 Å². The van der Waals surface area contributed by atoms with E-state index >= 15 is 0 Å². The first kappa shape index (κ1) is 22.7. The number of aromatic nitrogens is 4. The predicted molar refractivity (Wildman–Crippen MR) is 118 cm³/mol. The van der Waals surface area contributed by atoms with Gasteiger partial charge in [0.2, 0.25) is 5.13 Å². The molecule has 0 bridgehead atoms. The van der Waals surface area contributed by atoms with E-state index in [2.05, 4.69) is 43.4 Å². The summed E-state index contributed by atoms with van der Waals surface area (Å²) in [6.07, 6.45) is -2.75. The average Bonchev–Trinajstić information content (AvgIpc) is 3.39. The van der Waals surface area contributed by atoms with Gasteiger partial charge in [-0.3, -0.25) is 9.88 Å². The molecule has 13 heteroatoms. The number of hydrogen-bond donors (Lipinski definition) is 2. The van der Waals surface area contributed by atoms with Crippen LogP contribution in [-0.2, 0) is 12.6 Å². The molecule has 1 aliphatic heterocycles. The molecule has 0 saturated heterocycles. The standard InChI is InChI=1S/C20H20F3N7O2S/c1-10(2)30-5-4-11-8-24-13(7-14(11)30)16-26-18(33-28-16)27-17-15(29(3)19(31)32)6-12(9-25-17)20(21,22)23/h6-10H,4-5H2,1-3H3,(H,31,32)(H,25,26,27,28). The second-order valence-electron chi connectivity index (χ2n) is 7.71. The minimum atomic E-state index is -4.67. The number of alkyl halides is 3. The van der Waals surface area contributed by atoms with Crippen LogP contribution in [0.5, 0.6) is 0 Å². The van der Waals surface area contributed by atoms with Gasteiger partial charge in [0.25, 0.3) is 0 Å². The fourth-order valence-corrected chi connectivity index (χ4v) is 4.07. The Bertz CT molecular complexity index is 1200. The Kier molecular flexibility index (Phi) is 5.82. The van der Waals surface area contributed by atoms with Crippen molar-refractivity contribution in [3.63, 3.8) is 0 Å². The number of fused-ring (bicyclic) bond motifs is 1. The average molecular weight is 479 g/mol. The van der Waals surface area contributed by atoms with Gasteiger partial charge >= 0.3 is 12.3 Å². The number of carboxylic acid groups (broad SMARTS) is 1. The molecule has 9 nitrogen and oxygen atoms in total. The topological polar surface area (TPSA) is 107 Å². The van der Waals surface area contributed by atoms with Crippen molar-refractivity contribution in [3.8, 4) is 11.5 Å². The molecular formula is C20H20F3N7O2S. The van der Waals surface area contributed by atoms with Crippen molar-refractivity contribution in [3.05, 3.63) is 35.7 Å². The Morgan fingerprint density at radius 1 is 1.27 bits per heavy atom. The molecule has 0 fully saturated rings. The molecule has 0 saturated carbocycles. The van der Waals surface area contributed by atoms with Gasteiger partial charge in [0.1, 0.15) is 5.69 Å². The van der Waals surface area contributed by atoms with Crippen LogP contribution in [0, 0.1) is 0 Å². The lowest BCUT2D eigenvalue weighted by Gasteiger charge is -2.23. The van der Waals surface area contributed by atoms with E-state index in [4.69, 9.17) is 0 Å². The van der Waals surface area contributed by atoms with E-state index < -0.39 is 17.8 Å². The minimum absolute atomic E-state index is 0.0940. The van der Waals surface area contributed by atoms with Crippen LogP contribution in [0.15, 0.2) is 24.5 Å². The van der Waals surface area contributed by atoms with Crippen LogP contribution in [0.3, 0.4) is 0 Å². The van der Waals surface area contributed by atoms with E-state index in [1.165, 1.54) is 0 Å². The number of anilines is 4. The van der Waals surface area contributed by atoms with E-state index in [0.29, 0.717) is 34.7 Å². The Hall–Kier alpha value is -3.48. The lowest BCUT2D eigenvalue weighted by molar-refractivity contribution is -0.137. The summed E-state index contributed by atoms with van der Waals surface area (Å²) in [6, 6.07) is 2.97. The maximum atomic E-state index is 13.1. The van der Waals surface area contributed by atoms with Crippen molar-refractivity contribution in [2.24, 2.45) is 0 Å². The molecule has 4 rings (SSSR count). The number of nitrogens with one attached hydrogen (secondary N) is 1. The molecule has 33 heavy (non-hydrogen) atoms. The van der Waals surface area contributed by atoms with Crippen molar-refractivity contribution in [2.75, 3.05) is 28.7 Å². The molecule has 0 aliphatic carbocycles. The highest BCUT2D eigenvalue weighted by Gasteiger charge is 2.33. The highest BCUT2D eigenvalue weighted by atomic mass is 32.1. The van der Waals surface area contributed by atoms with Crippen molar-refractivity contribution >= 4 is 39.9 Å². The fraction of sp³-hybridized carbons (Fsp3) is 0.350. The minimum Gasteiger partial charge on any atom is -0.465 e. The predicted octanol–water partition coefficient (Wildman–Crippen LogP) is 4.64. The monoisotopic (exact) mass is 479 g/mol. The number of nitrogens with zero attached hydrogens (tertiary/aromatic N) is 6. The summed E-state index contributed by atoms with van der Waals surface area (Å²) in [5.41, 5.74) is 1.46. The number of rotatable bonds is 5. The second kappa shape index (κ2) is 8.46. The van der Waals surface area contributed by atoms with Gasteiger partial charge in [-0.25, -0.2) is 9.78 Å². The first-order chi connectivity index (χ1) is 15.5. The maximum absolute atomic E-state index is 13.1. The van der Waals surface area contributed by atoms with Gasteiger partial charge in [0, 0.05) is 49.2 Å². The number of halogens is 3. The van der Waals surface area contributed by atoms with Gasteiger partial charge < -0.3 is 15.3 Å². The zero-order valence-electron chi connectivity index (χ0n) is 17.9. The fourth-order valence-electron chi connectivity index (χ4n) is 3.50. The SMILES string of the molecule is CC(C)N1CCc2cnc(-c3nsc(Nc4ncc(C(F)(F)F)cc4N(C)C(=O)O)n3)cc21. The summed E-state index contributed by atoms with van der Waals surface area (Å²) in [4.78, 5) is 26.9. The zero-order chi connectivity index (χ0) is 23.9. The Morgan fingerprint density at radius 2 is 2.03 bits per heavy atom. The lowest BCUT2D eigenvalue weighted by Crippen LogP contribution is -2.28. The van der Waals surface area contributed by atoms with Gasteiger partial charge in [0.15, 0.2) is 11.6 Å². The molecule has 1 amide bonds.